The van der Waals surface area contributed by atoms with E-state index in [2.05, 4.69) is 0 Å². The second-order valence-electron chi connectivity index (χ2n) is 3.98. The molecule has 0 heterocycles. The number of nitrogens with zero attached hydrogens (tertiary/aromatic N) is 1. The van der Waals surface area contributed by atoms with Crippen molar-refractivity contribution in [2.75, 3.05) is 0 Å². The number of sulfonamides is 1. The van der Waals surface area contributed by atoms with Crippen molar-refractivity contribution in [3.05, 3.63) is 50.9 Å². The highest BCUT2D eigenvalue weighted by Gasteiger charge is 2.23. The Balaban J connectivity index is 2.54. The Labute approximate surface area is 134 Å². The SMILES string of the molecule is NS(=O)(=O)c1cc([N+](=O)O)ccc1Oc1ccccc1I. The van der Waals surface area contributed by atoms with E-state index in [1.807, 2.05) is 22.6 Å². The Kier molecular flexibility index (Phi) is 4.44. The van der Waals surface area contributed by atoms with Gasteiger partial charge in [0.25, 0.3) is 4.92 Å². The summed E-state index contributed by atoms with van der Waals surface area (Å²) in [5.41, 5.74) is -0.269. The van der Waals surface area contributed by atoms with Crippen LogP contribution in [0.2, 0.25) is 0 Å². The molecule has 0 amide bonds. The molecule has 0 saturated carbocycles. The number of para-hydroxylation sites is 1. The van der Waals surface area contributed by atoms with Gasteiger partial charge in [0.1, 0.15) is 16.4 Å². The maximum Gasteiger partial charge on any atom is 0.318 e. The molecule has 7 nitrogen and oxygen atoms in total. The van der Waals surface area contributed by atoms with E-state index >= 15 is 0 Å². The molecule has 0 bridgehead atoms. The number of hydrogen-bond acceptors (Lipinski definition) is 4. The molecule has 2 aromatic carbocycles. The Morgan fingerprint density at radius 3 is 2.38 bits per heavy atom. The Hall–Kier alpha value is -1.72. The van der Waals surface area contributed by atoms with Crippen molar-refractivity contribution < 1.29 is 23.3 Å². The molecule has 0 aliphatic heterocycles. The quantitative estimate of drug-likeness (QED) is 0.583. The van der Waals surface area contributed by atoms with Crippen LogP contribution in [-0.4, -0.2) is 18.5 Å². The lowest BCUT2D eigenvalue weighted by atomic mass is 10.3. The lowest BCUT2D eigenvalue weighted by Crippen LogP contribution is -2.13. The van der Waals surface area contributed by atoms with Crippen molar-refractivity contribution in [1.82, 2.24) is 0 Å². The first-order valence-corrected chi connectivity index (χ1v) is 8.17. The smallest absolute Gasteiger partial charge is 0.318 e. The van der Waals surface area contributed by atoms with Crippen molar-refractivity contribution in [2.24, 2.45) is 5.14 Å². The molecule has 21 heavy (non-hydrogen) atoms. The second kappa shape index (κ2) is 5.95. The van der Waals surface area contributed by atoms with Gasteiger partial charge < -0.3 is 4.74 Å². The van der Waals surface area contributed by atoms with E-state index in [4.69, 9.17) is 15.1 Å². The van der Waals surface area contributed by atoms with Crippen molar-refractivity contribution in [3.63, 3.8) is 0 Å². The van der Waals surface area contributed by atoms with Gasteiger partial charge in [-0.2, -0.15) is 0 Å². The molecule has 0 aliphatic rings. The van der Waals surface area contributed by atoms with Crippen LogP contribution in [0.5, 0.6) is 11.5 Å². The summed E-state index contributed by atoms with van der Waals surface area (Å²) in [6.07, 6.45) is 0. The molecule has 0 spiro atoms. The molecule has 2 aromatic rings. The zero-order chi connectivity index (χ0) is 15.6. The third-order valence-electron chi connectivity index (χ3n) is 2.51. The number of primary sulfonamides is 1. The van der Waals surface area contributed by atoms with Crippen LogP contribution in [0.3, 0.4) is 0 Å². The molecule has 0 unspecified atom stereocenters. The molecule has 0 atom stereocenters. The molecule has 110 valence electrons. The van der Waals surface area contributed by atoms with Crippen molar-refractivity contribution in [3.8, 4) is 11.5 Å². The molecular formula is C12H10IN2O5S+. The molecular weight excluding hydrogens is 411 g/mol. The van der Waals surface area contributed by atoms with Crippen LogP contribution in [0, 0.1) is 8.48 Å². The molecule has 3 N–H and O–H groups in total. The summed E-state index contributed by atoms with van der Waals surface area (Å²) in [7, 11) is -4.13. The molecule has 0 aliphatic carbocycles. The monoisotopic (exact) mass is 421 g/mol. The molecule has 0 aromatic heterocycles. The fraction of sp³-hybridized carbons (Fsp3) is 0. The summed E-state index contributed by atoms with van der Waals surface area (Å²) >= 11 is 2.03. The van der Waals surface area contributed by atoms with Crippen LogP contribution in [0.1, 0.15) is 0 Å². The van der Waals surface area contributed by atoms with E-state index in [9.17, 15) is 13.3 Å². The number of hydrogen-bond donors (Lipinski definition) is 2. The van der Waals surface area contributed by atoms with Crippen LogP contribution in [-0.2, 0) is 10.0 Å². The van der Waals surface area contributed by atoms with E-state index in [0.29, 0.717) is 5.75 Å². The third kappa shape index (κ3) is 3.68. The second-order valence-corrected chi connectivity index (χ2v) is 6.67. The predicted octanol–water partition coefficient (Wildman–Crippen LogP) is 2.53. The fourth-order valence-corrected chi connectivity index (χ4v) is 2.74. The van der Waals surface area contributed by atoms with Gasteiger partial charge >= 0.3 is 5.69 Å². The van der Waals surface area contributed by atoms with Gasteiger partial charge in [0.05, 0.1) is 8.48 Å². The minimum Gasteiger partial charge on any atom is -0.455 e. The molecule has 9 heteroatoms. The van der Waals surface area contributed by atoms with E-state index in [-0.39, 0.29) is 11.4 Å². The van der Waals surface area contributed by atoms with E-state index in [0.717, 1.165) is 9.64 Å². The zero-order valence-corrected chi connectivity index (χ0v) is 13.4. The van der Waals surface area contributed by atoms with Crippen LogP contribution in [0.15, 0.2) is 47.4 Å². The summed E-state index contributed by atoms with van der Waals surface area (Å²) in [4.78, 5) is 10.00. The normalized spacial score (nSPS) is 11.1. The van der Waals surface area contributed by atoms with Gasteiger partial charge in [-0.05, 0) is 40.8 Å². The number of ether oxygens (including phenoxy) is 1. The first-order valence-electron chi connectivity index (χ1n) is 5.54. The van der Waals surface area contributed by atoms with Gasteiger partial charge in [-0.3, -0.25) is 0 Å². The van der Waals surface area contributed by atoms with Gasteiger partial charge in [0.2, 0.25) is 10.0 Å². The van der Waals surface area contributed by atoms with Crippen LogP contribution in [0.4, 0.5) is 5.69 Å². The van der Waals surface area contributed by atoms with E-state index in [1.54, 1.807) is 24.3 Å². The summed E-state index contributed by atoms with van der Waals surface area (Å²) in [5.74, 6) is 0.408. The van der Waals surface area contributed by atoms with Crippen LogP contribution in [0.25, 0.3) is 0 Å². The lowest BCUT2D eigenvalue weighted by molar-refractivity contribution is -0.729. The third-order valence-corrected chi connectivity index (χ3v) is 4.33. The van der Waals surface area contributed by atoms with Gasteiger partial charge in [0, 0.05) is 12.1 Å². The molecule has 2 rings (SSSR count). The zero-order valence-electron chi connectivity index (χ0n) is 10.4. The van der Waals surface area contributed by atoms with Crippen LogP contribution < -0.4 is 9.88 Å². The average molecular weight is 421 g/mol. The molecule has 0 saturated heterocycles. The number of nitrogens with two attached hydrogens (primary N) is 1. The Bertz CT molecular complexity index is 807. The largest absolute Gasteiger partial charge is 0.455 e. The summed E-state index contributed by atoms with van der Waals surface area (Å²) in [6, 6.07) is 10.4. The average Bonchev–Trinajstić information content (AvgIpc) is 2.40. The fourth-order valence-electron chi connectivity index (χ4n) is 1.57. The number of rotatable bonds is 4. The highest BCUT2D eigenvalue weighted by Crippen LogP contribution is 2.33. The predicted molar refractivity (Wildman–Crippen MR) is 82.1 cm³/mol. The Morgan fingerprint density at radius 2 is 1.81 bits per heavy atom. The molecule has 0 radical (unpaired) electrons. The number of benzene rings is 2. The van der Waals surface area contributed by atoms with E-state index < -0.39 is 19.8 Å². The maximum atomic E-state index is 11.6. The first-order chi connectivity index (χ1) is 9.79. The highest BCUT2D eigenvalue weighted by molar-refractivity contribution is 14.1. The topological polar surface area (TPSA) is 110 Å². The summed E-state index contributed by atoms with van der Waals surface area (Å²) < 4.78 is 29.5. The minimum absolute atomic E-state index is 0.0350. The van der Waals surface area contributed by atoms with Crippen molar-refractivity contribution in [2.45, 2.75) is 4.90 Å². The standard InChI is InChI=1S/C12H10IN2O5S/c13-9-3-1-2-4-10(9)20-11-6-5-8(15(16)17)7-12(11)21(14,18)19/h1-7H,(H,16,17)(H2,14,18,19)/q+1. The minimum atomic E-state index is -4.13. The van der Waals surface area contributed by atoms with Gasteiger partial charge in [-0.25, -0.2) is 18.8 Å². The van der Waals surface area contributed by atoms with Crippen molar-refractivity contribution >= 4 is 38.3 Å². The van der Waals surface area contributed by atoms with Gasteiger partial charge in [-0.15, -0.1) is 0 Å². The Morgan fingerprint density at radius 1 is 1.14 bits per heavy atom. The number of halogens is 1. The van der Waals surface area contributed by atoms with Crippen LogP contribution >= 0.6 is 22.6 Å². The first kappa shape index (κ1) is 15.7. The van der Waals surface area contributed by atoms with Gasteiger partial charge in [-0.1, -0.05) is 12.1 Å². The maximum absolute atomic E-state index is 11.6. The van der Waals surface area contributed by atoms with Crippen molar-refractivity contribution in [1.29, 1.82) is 0 Å². The lowest BCUT2D eigenvalue weighted by Gasteiger charge is -2.10. The van der Waals surface area contributed by atoms with E-state index in [1.165, 1.54) is 12.1 Å². The van der Waals surface area contributed by atoms with Gasteiger partial charge in [0.15, 0.2) is 0 Å². The molecule has 0 fully saturated rings. The summed E-state index contributed by atoms with van der Waals surface area (Å²) in [5, 5.41) is 13.9. The summed E-state index contributed by atoms with van der Waals surface area (Å²) in [6.45, 7) is 0. The highest BCUT2D eigenvalue weighted by atomic mass is 127.